The molecule has 0 radical (unpaired) electrons. The molecule has 1 rings (SSSR count). The quantitative estimate of drug-likeness (QED) is 0.443. The molecular weight excluding hydrogens is 284 g/mol. The summed E-state index contributed by atoms with van der Waals surface area (Å²) in [5.74, 6) is 0. The fraction of sp³-hybridized carbons (Fsp3) is 0.455. The summed E-state index contributed by atoms with van der Waals surface area (Å²) in [4.78, 5) is 10.4. The zero-order valence-corrected chi connectivity index (χ0v) is 11.5. The topological polar surface area (TPSA) is 43.1 Å². The van der Waals surface area contributed by atoms with E-state index in [9.17, 15) is 10.1 Å². The number of halogens is 3. The van der Waals surface area contributed by atoms with Crippen LogP contribution >= 0.6 is 34.8 Å². The molecule has 0 bridgehead atoms. The largest absolute Gasteiger partial charge is 0.274 e. The van der Waals surface area contributed by atoms with Crippen LogP contribution in [-0.4, -0.2) is 10.3 Å². The highest BCUT2D eigenvalue weighted by atomic mass is 35.5. The summed E-state index contributed by atoms with van der Waals surface area (Å²) in [6, 6.07) is 2.79. The van der Waals surface area contributed by atoms with Gasteiger partial charge in [0.1, 0.15) is 0 Å². The van der Waals surface area contributed by atoms with Gasteiger partial charge in [-0.1, -0.05) is 36.5 Å². The van der Waals surface area contributed by atoms with Crippen molar-refractivity contribution in [3.05, 3.63) is 37.9 Å². The molecule has 1 atom stereocenters. The predicted octanol–water partition coefficient (Wildman–Crippen LogP) is 4.85. The molecule has 3 nitrogen and oxygen atoms in total. The lowest BCUT2D eigenvalue weighted by atomic mass is 10.0. The number of nitro groups is 1. The SMILES string of the molecule is CCCC(Cl)Cc1cc(Cl)c(Cl)cc1[N+](=O)[O-]. The first-order valence-electron chi connectivity index (χ1n) is 5.22. The van der Waals surface area contributed by atoms with Gasteiger partial charge in [0.05, 0.1) is 15.0 Å². The molecule has 0 saturated heterocycles. The summed E-state index contributed by atoms with van der Waals surface area (Å²) in [6.45, 7) is 2.01. The van der Waals surface area contributed by atoms with Crippen molar-refractivity contribution in [3.63, 3.8) is 0 Å². The fourth-order valence-electron chi connectivity index (χ4n) is 1.56. The van der Waals surface area contributed by atoms with Gasteiger partial charge in [0.25, 0.3) is 5.69 Å². The minimum atomic E-state index is -0.465. The van der Waals surface area contributed by atoms with Crippen molar-refractivity contribution in [2.24, 2.45) is 0 Å². The van der Waals surface area contributed by atoms with Crippen LogP contribution in [0.2, 0.25) is 10.0 Å². The van der Waals surface area contributed by atoms with Crippen molar-refractivity contribution in [1.29, 1.82) is 0 Å². The molecule has 0 aliphatic heterocycles. The molecule has 1 aromatic carbocycles. The smallest absolute Gasteiger partial charge is 0.258 e. The normalized spacial score (nSPS) is 12.5. The summed E-state index contributed by atoms with van der Waals surface area (Å²) in [5.41, 5.74) is 0.499. The second-order valence-corrected chi connectivity index (χ2v) is 5.17. The Labute approximate surface area is 115 Å². The third-order valence-electron chi connectivity index (χ3n) is 2.36. The Morgan fingerprint density at radius 1 is 1.35 bits per heavy atom. The molecule has 0 spiro atoms. The third kappa shape index (κ3) is 4.02. The highest BCUT2D eigenvalue weighted by Gasteiger charge is 2.19. The van der Waals surface area contributed by atoms with Gasteiger partial charge in [0.2, 0.25) is 0 Å². The summed E-state index contributed by atoms with van der Waals surface area (Å²) in [6.07, 6.45) is 2.16. The van der Waals surface area contributed by atoms with Gasteiger partial charge in [0, 0.05) is 17.0 Å². The molecular formula is C11H12Cl3NO2. The first kappa shape index (κ1) is 14.6. The Bertz CT molecular complexity index is 423. The van der Waals surface area contributed by atoms with E-state index in [1.54, 1.807) is 0 Å². The number of rotatable bonds is 5. The molecule has 1 aromatic rings. The summed E-state index contributed by atoms with van der Waals surface area (Å²) >= 11 is 17.7. The minimum Gasteiger partial charge on any atom is -0.258 e. The molecule has 0 N–H and O–H groups in total. The van der Waals surface area contributed by atoms with Gasteiger partial charge in [0.15, 0.2) is 0 Å². The Morgan fingerprint density at radius 2 is 1.94 bits per heavy atom. The molecule has 1 unspecified atom stereocenters. The van der Waals surface area contributed by atoms with Crippen LogP contribution in [0.3, 0.4) is 0 Å². The van der Waals surface area contributed by atoms with E-state index in [2.05, 4.69) is 0 Å². The zero-order valence-electron chi connectivity index (χ0n) is 9.25. The van der Waals surface area contributed by atoms with Crippen LogP contribution in [0.15, 0.2) is 12.1 Å². The van der Waals surface area contributed by atoms with Crippen LogP contribution in [0, 0.1) is 10.1 Å². The van der Waals surface area contributed by atoms with Crippen LogP contribution in [0.4, 0.5) is 5.69 Å². The van der Waals surface area contributed by atoms with Gasteiger partial charge in [-0.2, -0.15) is 0 Å². The van der Waals surface area contributed by atoms with Crippen LogP contribution in [0.25, 0.3) is 0 Å². The standard InChI is InChI=1S/C11H12Cl3NO2/c1-2-3-8(12)4-7-5-9(13)10(14)6-11(7)15(16)17/h5-6,8H,2-4H2,1H3. The van der Waals surface area contributed by atoms with E-state index in [1.807, 2.05) is 6.92 Å². The highest BCUT2D eigenvalue weighted by Crippen LogP contribution is 2.32. The second-order valence-electron chi connectivity index (χ2n) is 3.74. The van der Waals surface area contributed by atoms with Gasteiger partial charge in [-0.15, -0.1) is 11.6 Å². The van der Waals surface area contributed by atoms with Gasteiger partial charge in [-0.05, 0) is 18.9 Å². The van der Waals surface area contributed by atoms with Gasteiger partial charge in [-0.25, -0.2) is 0 Å². The fourth-order valence-corrected chi connectivity index (χ4v) is 2.29. The van der Waals surface area contributed by atoms with E-state index in [0.717, 1.165) is 12.8 Å². The Kier molecular flexibility index (Phi) is 5.50. The van der Waals surface area contributed by atoms with Crippen LogP contribution in [-0.2, 0) is 6.42 Å². The molecule has 6 heteroatoms. The van der Waals surface area contributed by atoms with Gasteiger partial charge in [-0.3, -0.25) is 10.1 Å². The van der Waals surface area contributed by atoms with E-state index in [4.69, 9.17) is 34.8 Å². The Hall–Kier alpha value is -0.510. The predicted molar refractivity (Wildman–Crippen MR) is 71.4 cm³/mol. The van der Waals surface area contributed by atoms with E-state index in [-0.39, 0.29) is 16.1 Å². The Morgan fingerprint density at radius 3 is 2.47 bits per heavy atom. The number of nitro benzene ring substituents is 1. The molecule has 0 aliphatic carbocycles. The molecule has 0 aromatic heterocycles. The van der Waals surface area contributed by atoms with E-state index >= 15 is 0 Å². The summed E-state index contributed by atoms with van der Waals surface area (Å²) in [7, 11) is 0. The maximum atomic E-state index is 10.9. The maximum absolute atomic E-state index is 10.9. The van der Waals surface area contributed by atoms with Crippen LogP contribution in [0.1, 0.15) is 25.3 Å². The van der Waals surface area contributed by atoms with E-state index in [0.29, 0.717) is 17.0 Å². The minimum absolute atomic E-state index is 0.0267. The first-order valence-corrected chi connectivity index (χ1v) is 6.41. The molecule has 0 amide bonds. The van der Waals surface area contributed by atoms with Crippen LogP contribution in [0.5, 0.6) is 0 Å². The van der Waals surface area contributed by atoms with Crippen molar-refractivity contribution in [2.75, 3.05) is 0 Å². The summed E-state index contributed by atoms with van der Waals surface area (Å²) in [5, 5.41) is 11.3. The van der Waals surface area contributed by atoms with Crippen molar-refractivity contribution in [1.82, 2.24) is 0 Å². The lowest BCUT2D eigenvalue weighted by molar-refractivity contribution is -0.385. The molecule has 17 heavy (non-hydrogen) atoms. The van der Waals surface area contributed by atoms with Crippen molar-refractivity contribution in [2.45, 2.75) is 31.6 Å². The zero-order chi connectivity index (χ0) is 13.0. The lowest BCUT2D eigenvalue weighted by Gasteiger charge is -2.09. The van der Waals surface area contributed by atoms with Crippen LogP contribution < -0.4 is 0 Å². The van der Waals surface area contributed by atoms with E-state index < -0.39 is 4.92 Å². The van der Waals surface area contributed by atoms with Gasteiger partial charge < -0.3 is 0 Å². The molecule has 0 aliphatic rings. The number of hydrogen-bond acceptors (Lipinski definition) is 2. The molecule has 0 fully saturated rings. The highest BCUT2D eigenvalue weighted by molar-refractivity contribution is 6.42. The average molecular weight is 297 g/mol. The maximum Gasteiger partial charge on any atom is 0.274 e. The third-order valence-corrected chi connectivity index (χ3v) is 3.46. The van der Waals surface area contributed by atoms with Crippen molar-refractivity contribution >= 4 is 40.5 Å². The van der Waals surface area contributed by atoms with Crippen molar-refractivity contribution in [3.8, 4) is 0 Å². The second kappa shape index (κ2) is 6.43. The summed E-state index contributed by atoms with van der Waals surface area (Å²) < 4.78 is 0. The van der Waals surface area contributed by atoms with Gasteiger partial charge >= 0.3 is 0 Å². The Balaban J connectivity index is 3.04. The molecule has 94 valence electrons. The first-order chi connectivity index (χ1) is 7.95. The number of nitrogens with zero attached hydrogens (tertiary/aromatic N) is 1. The van der Waals surface area contributed by atoms with Crippen molar-refractivity contribution < 1.29 is 4.92 Å². The number of hydrogen-bond donors (Lipinski definition) is 0. The monoisotopic (exact) mass is 295 g/mol. The number of alkyl halides is 1. The van der Waals surface area contributed by atoms with E-state index in [1.165, 1.54) is 12.1 Å². The average Bonchev–Trinajstić information content (AvgIpc) is 2.23. The molecule has 0 saturated carbocycles. The lowest BCUT2D eigenvalue weighted by Crippen LogP contribution is -2.05. The molecule has 0 heterocycles. The number of benzene rings is 1.